The predicted molar refractivity (Wildman–Crippen MR) is 104 cm³/mol. The van der Waals surface area contributed by atoms with Crippen LogP contribution in [0.25, 0.3) is 0 Å². The van der Waals surface area contributed by atoms with Crippen LogP contribution >= 0.6 is 0 Å². The number of fused-ring (bicyclic) bond motifs is 1. The van der Waals surface area contributed by atoms with Crippen LogP contribution in [0, 0.1) is 0 Å². The van der Waals surface area contributed by atoms with Crippen molar-refractivity contribution >= 4 is 27.0 Å². The topological polar surface area (TPSA) is 85.7 Å². The minimum atomic E-state index is -4.57. The summed E-state index contributed by atoms with van der Waals surface area (Å²) in [6.45, 7) is 3.52. The van der Waals surface area contributed by atoms with Gasteiger partial charge in [-0.15, -0.1) is 0 Å². The molecule has 0 bridgehead atoms. The lowest BCUT2D eigenvalue weighted by Crippen LogP contribution is -2.21. The van der Waals surface area contributed by atoms with Crippen molar-refractivity contribution in [2.75, 3.05) is 6.26 Å². The number of ether oxygens (including phenoxy) is 1. The van der Waals surface area contributed by atoms with Crippen molar-refractivity contribution in [1.82, 2.24) is 4.98 Å². The maximum absolute atomic E-state index is 13.1. The van der Waals surface area contributed by atoms with Crippen LogP contribution in [-0.4, -0.2) is 37.3 Å². The van der Waals surface area contributed by atoms with Gasteiger partial charge < -0.3 is 4.74 Å². The molecule has 0 fully saturated rings. The maximum Gasteiger partial charge on any atom is 0.433 e. The molecule has 1 aliphatic heterocycles. The third-order valence-corrected chi connectivity index (χ3v) is 5.45. The Kier molecular flexibility index (Phi) is 5.72. The van der Waals surface area contributed by atoms with Gasteiger partial charge in [-0.25, -0.2) is 18.4 Å². The van der Waals surface area contributed by atoms with Gasteiger partial charge in [0.1, 0.15) is 11.4 Å². The summed E-state index contributed by atoms with van der Waals surface area (Å²) in [5.41, 5.74) is -0.537. The number of carbonyl (C=O) groups excluding carboxylic acids is 1. The number of sulfone groups is 1. The number of halogens is 3. The number of alkyl halides is 3. The SMILES string of the molecule is CC(C)Oc1ccc(S(C)(=O)=O)cc1C(=O)C1=Nc2ccc(C(F)(F)F)nc2CC1. The monoisotopic (exact) mass is 440 g/mol. The summed E-state index contributed by atoms with van der Waals surface area (Å²) >= 11 is 0. The van der Waals surface area contributed by atoms with E-state index in [0.29, 0.717) is 0 Å². The Morgan fingerprint density at radius 2 is 1.83 bits per heavy atom. The normalized spacial score (nSPS) is 14.3. The third-order valence-electron chi connectivity index (χ3n) is 4.34. The highest BCUT2D eigenvalue weighted by molar-refractivity contribution is 7.90. The summed E-state index contributed by atoms with van der Waals surface area (Å²) in [5, 5.41) is 0. The van der Waals surface area contributed by atoms with E-state index in [-0.39, 0.29) is 52.2 Å². The highest BCUT2D eigenvalue weighted by Crippen LogP contribution is 2.33. The number of pyridine rings is 1. The van der Waals surface area contributed by atoms with Gasteiger partial charge >= 0.3 is 6.18 Å². The van der Waals surface area contributed by atoms with Crippen LogP contribution in [0.3, 0.4) is 0 Å². The number of benzene rings is 1. The summed E-state index contributed by atoms with van der Waals surface area (Å²) in [6, 6.07) is 5.99. The van der Waals surface area contributed by atoms with Gasteiger partial charge in [-0.3, -0.25) is 4.79 Å². The van der Waals surface area contributed by atoms with Gasteiger partial charge in [0.05, 0.1) is 33.7 Å². The molecule has 1 aliphatic rings. The second kappa shape index (κ2) is 7.82. The van der Waals surface area contributed by atoms with Crippen molar-refractivity contribution in [2.45, 2.75) is 43.9 Å². The number of ketones is 1. The first-order chi connectivity index (χ1) is 13.9. The molecule has 0 atom stereocenters. The van der Waals surface area contributed by atoms with E-state index in [0.717, 1.165) is 12.3 Å². The number of rotatable bonds is 5. The zero-order chi connectivity index (χ0) is 22.3. The molecule has 1 aromatic heterocycles. The Bertz CT molecular complexity index is 1140. The molecule has 0 saturated carbocycles. The fourth-order valence-electron chi connectivity index (χ4n) is 2.97. The lowest BCUT2D eigenvalue weighted by molar-refractivity contribution is -0.141. The summed E-state index contributed by atoms with van der Waals surface area (Å²) < 4.78 is 68.0. The fraction of sp³-hybridized carbons (Fsp3) is 0.350. The molecule has 0 spiro atoms. The van der Waals surface area contributed by atoms with Crippen LogP contribution in [0.15, 0.2) is 40.2 Å². The van der Waals surface area contributed by atoms with E-state index in [1.807, 2.05) is 0 Å². The second-order valence-electron chi connectivity index (χ2n) is 7.14. The van der Waals surface area contributed by atoms with Gasteiger partial charge in [0.2, 0.25) is 5.78 Å². The number of carbonyl (C=O) groups is 1. The van der Waals surface area contributed by atoms with E-state index in [2.05, 4.69) is 9.98 Å². The molecule has 10 heteroatoms. The van der Waals surface area contributed by atoms with Crippen molar-refractivity contribution in [1.29, 1.82) is 0 Å². The van der Waals surface area contributed by atoms with E-state index >= 15 is 0 Å². The molecule has 6 nitrogen and oxygen atoms in total. The molecule has 2 aromatic rings. The molecule has 0 amide bonds. The van der Waals surface area contributed by atoms with Crippen molar-refractivity contribution < 1.29 is 31.1 Å². The highest BCUT2D eigenvalue weighted by atomic mass is 32.2. The van der Waals surface area contributed by atoms with Gasteiger partial charge in [0, 0.05) is 6.26 Å². The average molecular weight is 440 g/mol. The number of Topliss-reactive ketones (excluding diaryl/α,β-unsaturated/α-hetero) is 1. The van der Waals surface area contributed by atoms with Crippen molar-refractivity contribution in [3.8, 4) is 5.75 Å². The van der Waals surface area contributed by atoms with Crippen molar-refractivity contribution in [3.63, 3.8) is 0 Å². The summed E-state index contributed by atoms with van der Waals surface area (Å²) in [4.78, 5) is 20.9. The van der Waals surface area contributed by atoms with Gasteiger partial charge in [0.25, 0.3) is 0 Å². The number of aliphatic imine (C=N–C) groups is 1. The van der Waals surface area contributed by atoms with Crippen LogP contribution in [0.4, 0.5) is 18.9 Å². The zero-order valence-electron chi connectivity index (χ0n) is 16.4. The summed E-state index contributed by atoms with van der Waals surface area (Å²) in [6.07, 6.45) is -3.62. The molecular weight excluding hydrogens is 421 g/mol. The lowest BCUT2D eigenvalue weighted by atomic mass is 9.98. The third kappa shape index (κ3) is 4.69. The maximum atomic E-state index is 13.1. The molecular formula is C20H19F3N2O4S. The first-order valence-corrected chi connectivity index (χ1v) is 11.0. The quantitative estimate of drug-likeness (QED) is 0.651. The standard InChI is InChI=1S/C20H19F3N2O4S/c1-11(2)29-17-8-4-12(30(3,27)28)10-13(17)19(26)16-6-5-15-14(24-16)7-9-18(25-15)20(21,22)23/h4,7-11H,5-6H2,1-3H3. The van der Waals surface area contributed by atoms with Crippen LogP contribution in [0.5, 0.6) is 5.75 Å². The largest absolute Gasteiger partial charge is 0.490 e. The van der Waals surface area contributed by atoms with Crippen LogP contribution in [-0.2, 0) is 22.4 Å². The zero-order valence-corrected chi connectivity index (χ0v) is 17.3. The Labute approximate surface area is 171 Å². The number of hydrogen-bond donors (Lipinski definition) is 0. The molecule has 30 heavy (non-hydrogen) atoms. The molecule has 1 aromatic carbocycles. The smallest absolute Gasteiger partial charge is 0.433 e. The predicted octanol–water partition coefficient (Wildman–Crippen LogP) is 4.19. The Morgan fingerprint density at radius 3 is 2.43 bits per heavy atom. The van der Waals surface area contributed by atoms with Gasteiger partial charge in [-0.2, -0.15) is 13.2 Å². The molecule has 3 rings (SSSR count). The molecule has 0 unspecified atom stereocenters. The number of aryl methyl sites for hydroxylation is 1. The minimum absolute atomic E-state index is 0.0358. The molecule has 160 valence electrons. The number of aromatic nitrogens is 1. The van der Waals surface area contributed by atoms with Crippen molar-refractivity contribution in [3.05, 3.63) is 47.3 Å². The van der Waals surface area contributed by atoms with E-state index < -0.39 is 27.5 Å². The van der Waals surface area contributed by atoms with Gasteiger partial charge in [-0.1, -0.05) is 0 Å². The van der Waals surface area contributed by atoms with Crippen LogP contribution < -0.4 is 4.74 Å². The Balaban J connectivity index is 2.03. The van der Waals surface area contributed by atoms with Crippen LogP contribution in [0.1, 0.15) is 42.0 Å². The van der Waals surface area contributed by atoms with E-state index in [1.165, 1.54) is 24.3 Å². The molecule has 0 saturated heterocycles. The van der Waals surface area contributed by atoms with E-state index in [4.69, 9.17) is 4.74 Å². The first-order valence-electron chi connectivity index (χ1n) is 9.06. The fourth-order valence-corrected chi connectivity index (χ4v) is 3.62. The van der Waals surface area contributed by atoms with Crippen LogP contribution in [0.2, 0.25) is 0 Å². The molecule has 0 N–H and O–H groups in total. The molecule has 0 aliphatic carbocycles. The summed E-state index contributed by atoms with van der Waals surface area (Å²) in [5.74, 6) is -0.330. The average Bonchev–Trinajstić information content (AvgIpc) is 2.65. The van der Waals surface area contributed by atoms with E-state index in [9.17, 15) is 26.4 Å². The number of hydrogen-bond acceptors (Lipinski definition) is 6. The lowest BCUT2D eigenvalue weighted by Gasteiger charge is -2.18. The Morgan fingerprint density at radius 1 is 1.13 bits per heavy atom. The number of nitrogens with zero attached hydrogens (tertiary/aromatic N) is 2. The first kappa shape index (κ1) is 21.9. The van der Waals surface area contributed by atoms with Crippen molar-refractivity contribution in [2.24, 2.45) is 4.99 Å². The second-order valence-corrected chi connectivity index (χ2v) is 9.16. The Hall–Kier alpha value is -2.75. The molecule has 2 heterocycles. The highest BCUT2D eigenvalue weighted by Gasteiger charge is 2.34. The van der Waals surface area contributed by atoms with E-state index in [1.54, 1.807) is 13.8 Å². The van der Waals surface area contributed by atoms with Gasteiger partial charge in [-0.05, 0) is 57.0 Å². The summed E-state index contributed by atoms with van der Waals surface area (Å²) in [7, 11) is -3.57. The minimum Gasteiger partial charge on any atom is -0.490 e. The van der Waals surface area contributed by atoms with Gasteiger partial charge in [0.15, 0.2) is 9.84 Å². The molecule has 0 radical (unpaired) electrons.